The molecule has 88 valence electrons. The molecule has 0 atom stereocenters. The molecule has 1 aliphatic rings. The molecule has 2 N–H and O–H groups in total. The summed E-state index contributed by atoms with van der Waals surface area (Å²) in [6.45, 7) is 0. The van der Waals surface area contributed by atoms with Crippen LogP contribution in [-0.2, 0) is 0 Å². The molecule has 1 aliphatic carbocycles. The summed E-state index contributed by atoms with van der Waals surface area (Å²) in [4.78, 5) is 6.33. The van der Waals surface area contributed by atoms with Gasteiger partial charge in [0.2, 0.25) is 0 Å². The van der Waals surface area contributed by atoms with E-state index in [1.807, 2.05) is 12.1 Å². The fraction of sp³-hybridized carbons (Fsp3) is 0.333. The Morgan fingerprint density at radius 1 is 1.35 bits per heavy atom. The van der Waals surface area contributed by atoms with Crippen LogP contribution in [0.3, 0.4) is 0 Å². The zero-order valence-electron chi connectivity index (χ0n) is 9.63. The Bertz CT molecular complexity index is 519. The molecule has 0 amide bonds. The van der Waals surface area contributed by atoms with Gasteiger partial charge >= 0.3 is 0 Å². The van der Waals surface area contributed by atoms with Crippen LogP contribution in [0, 0.1) is 0 Å². The second-order valence-electron chi connectivity index (χ2n) is 4.33. The molecule has 0 bridgehead atoms. The lowest BCUT2D eigenvalue weighted by Crippen LogP contribution is -2.18. The summed E-state index contributed by atoms with van der Waals surface area (Å²) in [6.07, 6.45) is 6.11. The third kappa shape index (κ3) is 1.86. The molecule has 0 unspecified atom stereocenters. The quantitative estimate of drug-likeness (QED) is 0.903. The molecule has 5 heteroatoms. The molecule has 1 fully saturated rings. The lowest BCUT2D eigenvalue weighted by atomic mass is 10.1. The van der Waals surface area contributed by atoms with Gasteiger partial charge in [0, 0.05) is 25.5 Å². The molecular formula is C12H14N4S. The molecule has 1 saturated carbocycles. The number of rotatable bonds is 3. The van der Waals surface area contributed by atoms with Gasteiger partial charge in [-0.2, -0.15) is 4.37 Å². The summed E-state index contributed by atoms with van der Waals surface area (Å²) in [6, 6.07) is 4.62. The van der Waals surface area contributed by atoms with Crippen molar-refractivity contribution in [3.05, 3.63) is 24.5 Å². The zero-order valence-corrected chi connectivity index (χ0v) is 10.4. The maximum absolute atomic E-state index is 5.98. The maximum Gasteiger partial charge on any atom is 0.147 e. The third-order valence-corrected chi connectivity index (χ3v) is 4.04. The van der Waals surface area contributed by atoms with Crippen LogP contribution in [0.25, 0.3) is 11.1 Å². The molecule has 3 rings (SSSR count). The van der Waals surface area contributed by atoms with E-state index >= 15 is 0 Å². The lowest BCUT2D eigenvalue weighted by Gasteiger charge is -2.17. The molecule has 17 heavy (non-hydrogen) atoms. The maximum atomic E-state index is 5.98. The highest BCUT2D eigenvalue weighted by atomic mass is 32.1. The van der Waals surface area contributed by atoms with Gasteiger partial charge in [-0.3, -0.25) is 4.98 Å². The van der Waals surface area contributed by atoms with E-state index in [-0.39, 0.29) is 0 Å². The molecule has 0 spiro atoms. The Balaban J connectivity index is 2.06. The van der Waals surface area contributed by atoms with Crippen molar-refractivity contribution in [2.75, 3.05) is 17.7 Å². The van der Waals surface area contributed by atoms with Gasteiger partial charge in [0.15, 0.2) is 0 Å². The van der Waals surface area contributed by atoms with Gasteiger partial charge in [0.25, 0.3) is 0 Å². The zero-order chi connectivity index (χ0) is 11.8. The van der Waals surface area contributed by atoms with E-state index in [0.717, 1.165) is 16.1 Å². The van der Waals surface area contributed by atoms with E-state index in [2.05, 4.69) is 21.3 Å². The first-order chi connectivity index (χ1) is 8.27. The van der Waals surface area contributed by atoms with Gasteiger partial charge in [0.1, 0.15) is 10.8 Å². The molecule has 0 aliphatic heterocycles. The van der Waals surface area contributed by atoms with Crippen molar-refractivity contribution in [2.45, 2.75) is 18.9 Å². The van der Waals surface area contributed by atoms with Gasteiger partial charge in [0.05, 0.1) is 5.56 Å². The Hall–Kier alpha value is -1.62. The van der Waals surface area contributed by atoms with Crippen LogP contribution in [0.4, 0.5) is 10.8 Å². The fourth-order valence-corrected chi connectivity index (χ4v) is 2.82. The summed E-state index contributed by atoms with van der Waals surface area (Å²) in [5.41, 5.74) is 8.12. The Morgan fingerprint density at radius 2 is 2.06 bits per heavy atom. The molecular weight excluding hydrogens is 232 g/mol. The second kappa shape index (κ2) is 4.00. The minimum atomic E-state index is 0.615. The van der Waals surface area contributed by atoms with Crippen LogP contribution in [0.15, 0.2) is 24.5 Å². The normalized spacial score (nSPS) is 14.9. The number of nitrogens with zero attached hydrogens (tertiary/aromatic N) is 3. The SMILES string of the molecule is CN(c1snc(N)c1-c1ccncc1)C1CC1. The number of nitrogen functional groups attached to an aromatic ring is 1. The van der Waals surface area contributed by atoms with Gasteiger partial charge in [-0.05, 0) is 42.1 Å². The molecule has 0 saturated heterocycles. The standard InChI is InChI=1S/C12H14N4S/c1-16(9-2-3-9)12-10(11(13)15-17-12)8-4-6-14-7-5-8/h4-7,9H,2-3H2,1H3,(H2,13,15). The van der Waals surface area contributed by atoms with E-state index in [0.29, 0.717) is 11.9 Å². The minimum absolute atomic E-state index is 0.615. The Kier molecular flexibility index (Phi) is 2.48. The first kappa shape index (κ1) is 10.5. The molecule has 0 radical (unpaired) electrons. The first-order valence-electron chi connectivity index (χ1n) is 5.65. The van der Waals surface area contributed by atoms with Crippen LogP contribution in [0.1, 0.15) is 12.8 Å². The van der Waals surface area contributed by atoms with Crippen LogP contribution < -0.4 is 10.6 Å². The van der Waals surface area contributed by atoms with Gasteiger partial charge in [-0.25, -0.2) is 0 Å². The molecule has 2 aromatic rings. The van der Waals surface area contributed by atoms with Crippen molar-refractivity contribution in [2.24, 2.45) is 0 Å². The first-order valence-corrected chi connectivity index (χ1v) is 6.43. The highest BCUT2D eigenvalue weighted by Crippen LogP contribution is 2.42. The van der Waals surface area contributed by atoms with Crippen LogP contribution in [-0.4, -0.2) is 22.4 Å². The van der Waals surface area contributed by atoms with Crippen LogP contribution in [0.5, 0.6) is 0 Å². The summed E-state index contributed by atoms with van der Waals surface area (Å²) in [5.74, 6) is 0.615. The lowest BCUT2D eigenvalue weighted by molar-refractivity contribution is 0.930. The van der Waals surface area contributed by atoms with Crippen molar-refractivity contribution >= 4 is 22.4 Å². The average molecular weight is 246 g/mol. The average Bonchev–Trinajstić information content (AvgIpc) is 3.13. The van der Waals surface area contributed by atoms with Gasteiger partial charge in [-0.1, -0.05) is 0 Å². The van der Waals surface area contributed by atoms with Crippen LogP contribution >= 0.6 is 11.5 Å². The van der Waals surface area contributed by atoms with E-state index in [9.17, 15) is 0 Å². The summed E-state index contributed by atoms with van der Waals surface area (Å²) in [7, 11) is 2.12. The summed E-state index contributed by atoms with van der Waals surface area (Å²) in [5, 5.41) is 1.16. The Morgan fingerprint density at radius 3 is 2.71 bits per heavy atom. The van der Waals surface area contributed by atoms with E-state index in [1.54, 1.807) is 12.4 Å². The predicted molar refractivity (Wildman–Crippen MR) is 71.2 cm³/mol. The molecule has 2 aromatic heterocycles. The number of anilines is 2. The monoisotopic (exact) mass is 246 g/mol. The summed E-state index contributed by atoms with van der Waals surface area (Å²) >= 11 is 1.48. The number of aromatic nitrogens is 2. The van der Waals surface area contributed by atoms with Gasteiger partial charge < -0.3 is 10.6 Å². The molecule has 4 nitrogen and oxygen atoms in total. The molecule has 2 heterocycles. The number of hydrogen-bond donors (Lipinski definition) is 1. The predicted octanol–water partition coefficient (Wildman–Crippen LogP) is 2.39. The number of hydrogen-bond acceptors (Lipinski definition) is 5. The second-order valence-corrected chi connectivity index (χ2v) is 5.08. The van der Waals surface area contributed by atoms with Crippen molar-refractivity contribution in [3.8, 4) is 11.1 Å². The van der Waals surface area contributed by atoms with Crippen molar-refractivity contribution in [3.63, 3.8) is 0 Å². The van der Waals surface area contributed by atoms with E-state index in [1.165, 1.54) is 24.4 Å². The number of pyridine rings is 1. The topological polar surface area (TPSA) is 55.0 Å². The minimum Gasteiger partial charge on any atom is -0.382 e. The number of nitrogens with two attached hydrogens (primary N) is 1. The Labute approximate surface area is 104 Å². The van der Waals surface area contributed by atoms with E-state index in [4.69, 9.17) is 5.73 Å². The largest absolute Gasteiger partial charge is 0.382 e. The molecule has 0 aromatic carbocycles. The van der Waals surface area contributed by atoms with E-state index < -0.39 is 0 Å². The smallest absolute Gasteiger partial charge is 0.147 e. The highest BCUT2D eigenvalue weighted by Gasteiger charge is 2.30. The highest BCUT2D eigenvalue weighted by molar-refractivity contribution is 7.11. The van der Waals surface area contributed by atoms with Gasteiger partial charge in [-0.15, -0.1) is 0 Å². The van der Waals surface area contributed by atoms with Crippen molar-refractivity contribution in [1.29, 1.82) is 0 Å². The third-order valence-electron chi connectivity index (χ3n) is 3.08. The van der Waals surface area contributed by atoms with Crippen molar-refractivity contribution < 1.29 is 0 Å². The summed E-state index contributed by atoms with van der Waals surface area (Å²) < 4.78 is 4.28. The van der Waals surface area contributed by atoms with Crippen LogP contribution in [0.2, 0.25) is 0 Å². The van der Waals surface area contributed by atoms with Crippen molar-refractivity contribution in [1.82, 2.24) is 9.36 Å². The fourth-order valence-electron chi connectivity index (χ4n) is 1.95.